The monoisotopic (exact) mass is 269 g/mol. The van der Waals surface area contributed by atoms with Crippen LogP contribution in [0.1, 0.15) is 36.1 Å². The molecule has 1 N–H and O–H groups in total. The number of hydrogen-bond donors (Lipinski definition) is 1. The minimum Gasteiger partial charge on any atom is -0.314 e. The van der Waals surface area contributed by atoms with E-state index in [1.165, 1.54) is 9.71 Å². The molecule has 0 bridgehead atoms. The van der Waals surface area contributed by atoms with Gasteiger partial charge < -0.3 is 5.31 Å². The van der Waals surface area contributed by atoms with Crippen molar-refractivity contribution in [2.75, 3.05) is 6.54 Å². The zero-order valence-electron chi connectivity index (χ0n) is 15.1. The van der Waals surface area contributed by atoms with Crippen LogP contribution >= 0.6 is 11.6 Å². The van der Waals surface area contributed by atoms with E-state index in [0.29, 0.717) is 18.7 Å². The molecule has 0 aromatic carbocycles. The molecule has 2 aromatic heterocycles. The summed E-state index contributed by atoms with van der Waals surface area (Å²) in [7, 11) is 0. The Bertz CT molecular complexity index is 763. The minimum atomic E-state index is -1.94. The Morgan fingerprint density at radius 3 is 3.39 bits per heavy atom. The molecule has 96 valence electrons. The maximum Gasteiger partial charge on any atom is 0.235 e. The normalized spacial score (nSPS) is 26.3. The molecular weight excluding hydrogens is 248 g/mol. The number of nitrogens with one attached hydrogen (secondary N) is 1. The molecule has 0 amide bonds. The van der Waals surface area contributed by atoms with Crippen LogP contribution in [0.4, 0.5) is 0 Å². The smallest absolute Gasteiger partial charge is 0.235 e. The predicted molar refractivity (Wildman–Crippen MR) is 72.1 cm³/mol. The summed E-state index contributed by atoms with van der Waals surface area (Å²) in [6.07, 6.45) is 0.163. The molecule has 3 heterocycles. The molecule has 0 spiro atoms. The van der Waals surface area contributed by atoms with Gasteiger partial charge in [0.05, 0.1) is 8.44 Å². The van der Waals surface area contributed by atoms with Gasteiger partial charge in [0.25, 0.3) is 0 Å². The van der Waals surface area contributed by atoms with Gasteiger partial charge in [-0.25, -0.2) is 9.97 Å². The Kier molecular flexibility index (Phi) is 2.01. The van der Waals surface area contributed by atoms with Gasteiger partial charge in [-0.3, -0.25) is 4.40 Å². The maximum absolute atomic E-state index is 8.45. The molecule has 0 aliphatic carbocycles. The number of aryl methyl sites for hydroxylation is 1. The van der Waals surface area contributed by atoms with Gasteiger partial charge in [-0.05, 0) is 32.4 Å². The molecular formula is C13H17ClN4. The quantitative estimate of drug-likeness (QED) is 0.910. The highest BCUT2D eigenvalue weighted by Crippen LogP contribution is 2.21. The first-order valence-corrected chi connectivity index (χ1v) is 6.40. The van der Waals surface area contributed by atoms with Crippen molar-refractivity contribution >= 4 is 17.4 Å². The van der Waals surface area contributed by atoms with Gasteiger partial charge in [-0.15, -0.1) is 0 Å². The number of aromatic nitrogens is 3. The van der Waals surface area contributed by atoms with E-state index >= 15 is 0 Å². The van der Waals surface area contributed by atoms with Gasteiger partial charge in [0.15, 0.2) is 0 Å². The highest BCUT2D eigenvalue weighted by molar-refractivity contribution is 6.30. The molecule has 0 saturated carbocycles. The van der Waals surface area contributed by atoms with Crippen LogP contribution in [-0.4, -0.2) is 27.0 Å². The van der Waals surface area contributed by atoms with Gasteiger partial charge in [-0.2, -0.15) is 0 Å². The van der Waals surface area contributed by atoms with Gasteiger partial charge in [0, 0.05) is 27.0 Å². The van der Waals surface area contributed by atoms with E-state index in [1.807, 2.05) is 0 Å². The van der Waals surface area contributed by atoms with Crippen LogP contribution < -0.4 is 5.31 Å². The van der Waals surface area contributed by atoms with E-state index in [1.54, 1.807) is 6.92 Å². The molecule has 5 heteroatoms. The summed E-state index contributed by atoms with van der Waals surface area (Å²) in [6.45, 7) is 2.11. The zero-order valence-corrected chi connectivity index (χ0v) is 10.8. The number of piperidine rings is 1. The van der Waals surface area contributed by atoms with Gasteiger partial charge in [0.1, 0.15) is 6.56 Å². The first-order valence-electron chi connectivity index (χ1n) is 8.47. The molecule has 1 aliphatic rings. The third kappa shape index (κ3) is 2.22. The fraction of sp³-hybridized carbons (Fsp3) is 0.538. The second kappa shape index (κ2) is 4.86. The Balaban J connectivity index is 2.16. The fourth-order valence-corrected chi connectivity index (χ4v) is 2.25. The third-order valence-electron chi connectivity index (χ3n) is 2.96. The van der Waals surface area contributed by atoms with Crippen molar-refractivity contribution in [1.29, 1.82) is 0 Å². The lowest BCUT2D eigenvalue weighted by molar-refractivity contribution is 0.397. The number of imidazole rings is 1. The fourth-order valence-electron chi connectivity index (χ4n) is 2.03. The SMILES string of the molecule is [2H]c1c(C)nc2nc(C([2H])([2H])[C@@H]3CCCCN3[2H])c(Cl)n2c1[2H]. The highest BCUT2D eigenvalue weighted by atomic mass is 35.5. The van der Waals surface area contributed by atoms with Crippen LogP contribution in [0, 0.1) is 6.92 Å². The molecule has 18 heavy (non-hydrogen) atoms. The summed E-state index contributed by atoms with van der Waals surface area (Å²) in [6, 6.07) is -0.715. The zero-order chi connectivity index (χ0) is 16.9. The molecule has 2 aromatic rings. The summed E-state index contributed by atoms with van der Waals surface area (Å²) in [4.78, 5) is 8.32. The second-order valence-corrected chi connectivity index (χ2v) is 4.74. The molecule has 0 unspecified atom stereocenters. The third-order valence-corrected chi connectivity index (χ3v) is 3.31. The van der Waals surface area contributed by atoms with Crippen molar-refractivity contribution < 1.29 is 6.89 Å². The van der Waals surface area contributed by atoms with Gasteiger partial charge in [-0.1, -0.05) is 18.0 Å². The molecule has 1 aliphatic heterocycles. The molecule has 0 radical (unpaired) electrons. The van der Waals surface area contributed by atoms with Crippen LogP contribution in [-0.2, 0) is 6.37 Å². The Hall–Kier alpha value is -1.13. The Morgan fingerprint density at radius 1 is 1.67 bits per heavy atom. The summed E-state index contributed by atoms with van der Waals surface area (Å²) < 4.78 is 41.9. The van der Waals surface area contributed by atoms with Crippen LogP contribution in [0.3, 0.4) is 0 Å². The minimum absolute atomic E-state index is 0.0192. The molecule has 4 nitrogen and oxygen atoms in total. The van der Waals surface area contributed by atoms with E-state index in [4.69, 9.17) is 18.5 Å². The van der Waals surface area contributed by atoms with Crippen LogP contribution in [0.25, 0.3) is 5.78 Å². The summed E-state index contributed by atoms with van der Waals surface area (Å²) >= 11 is 6.28. The van der Waals surface area contributed by atoms with Crippen molar-refractivity contribution in [2.45, 2.75) is 38.6 Å². The van der Waals surface area contributed by atoms with Crippen LogP contribution in [0.5, 0.6) is 0 Å². The molecule has 1 atom stereocenters. The van der Waals surface area contributed by atoms with Crippen molar-refractivity contribution in [3.8, 4) is 0 Å². The first-order chi connectivity index (χ1) is 10.7. The highest BCUT2D eigenvalue weighted by Gasteiger charge is 2.18. The predicted octanol–water partition coefficient (Wildman–Crippen LogP) is 2.38. The van der Waals surface area contributed by atoms with Crippen LogP contribution in [0.2, 0.25) is 6.56 Å². The average Bonchev–Trinajstić information content (AvgIpc) is 2.82. The average molecular weight is 270 g/mol. The number of fused-ring (bicyclic) bond motifs is 1. The molecule has 1 fully saturated rings. The number of rotatable bonds is 2. The summed E-state index contributed by atoms with van der Waals surface area (Å²) in [5.74, 6) is 0.111. The lowest BCUT2D eigenvalue weighted by Gasteiger charge is -2.22. The van der Waals surface area contributed by atoms with E-state index < -0.39 is 12.4 Å². The largest absolute Gasteiger partial charge is 0.314 e. The van der Waals surface area contributed by atoms with E-state index in [9.17, 15) is 0 Å². The lowest BCUT2D eigenvalue weighted by atomic mass is 10.0. The Labute approximate surface area is 118 Å². The summed E-state index contributed by atoms with van der Waals surface area (Å²) in [5, 5.41) is 1.20. The van der Waals surface area contributed by atoms with Gasteiger partial charge >= 0.3 is 0 Å². The number of halogens is 1. The van der Waals surface area contributed by atoms with Gasteiger partial charge in [0.2, 0.25) is 5.78 Å². The van der Waals surface area contributed by atoms with Crippen molar-refractivity contribution in [3.05, 3.63) is 28.8 Å². The standard InChI is InChI=1S/C13H17ClN4/c1-9-5-7-18-12(14)11(17-13(18)16-9)8-10-4-2-3-6-15-10/h5,7,10,15H,2-4,6,8H2,1H3/t10-/m0/s1/i5D,7D,8D2/hD. The van der Waals surface area contributed by atoms with Crippen molar-refractivity contribution in [2.24, 2.45) is 0 Å². The molecule has 3 rings (SSSR count). The second-order valence-electron chi connectivity index (χ2n) is 4.38. The first kappa shape index (κ1) is 7.46. The Morgan fingerprint density at radius 2 is 2.56 bits per heavy atom. The molecule has 1 saturated heterocycles. The van der Waals surface area contributed by atoms with Crippen molar-refractivity contribution in [1.82, 2.24) is 19.7 Å². The summed E-state index contributed by atoms with van der Waals surface area (Å²) in [5.41, 5.74) is 0.324. The lowest BCUT2D eigenvalue weighted by Crippen LogP contribution is -2.35. The van der Waals surface area contributed by atoms with E-state index in [2.05, 4.69) is 9.97 Å². The maximum atomic E-state index is 8.45. The number of hydrogen-bond acceptors (Lipinski definition) is 3. The number of nitrogens with zero attached hydrogens (tertiary/aromatic N) is 3. The van der Waals surface area contributed by atoms with E-state index in [0.717, 1.165) is 12.8 Å². The van der Waals surface area contributed by atoms with Crippen molar-refractivity contribution in [3.63, 3.8) is 0 Å². The van der Waals surface area contributed by atoms with Crippen LogP contribution in [0.15, 0.2) is 12.2 Å². The topological polar surface area (TPSA) is 42.2 Å². The van der Waals surface area contributed by atoms with E-state index in [-0.39, 0.29) is 28.8 Å².